The Kier molecular flexibility index (Phi) is 7.25. The topological polar surface area (TPSA) is 81.8 Å². The summed E-state index contributed by atoms with van der Waals surface area (Å²) in [6.07, 6.45) is 0.363. The highest BCUT2D eigenvalue weighted by atomic mass is 19.1. The van der Waals surface area contributed by atoms with Crippen LogP contribution in [0.15, 0.2) is 48.5 Å². The molecular formula is C24H29FN4O3. The molecule has 1 heterocycles. The van der Waals surface area contributed by atoms with E-state index >= 15 is 0 Å². The monoisotopic (exact) mass is 440 g/mol. The third kappa shape index (κ3) is 5.31. The quantitative estimate of drug-likeness (QED) is 0.723. The number of amides is 3. The zero-order valence-electron chi connectivity index (χ0n) is 18.8. The minimum atomic E-state index is -0.611. The van der Waals surface area contributed by atoms with Crippen LogP contribution in [-0.4, -0.2) is 60.2 Å². The van der Waals surface area contributed by atoms with Crippen molar-refractivity contribution in [2.45, 2.75) is 38.4 Å². The van der Waals surface area contributed by atoms with Gasteiger partial charge in [0.1, 0.15) is 5.82 Å². The molecule has 0 aromatic heterocycles. The van der Waals surface area contributed by atoms with Crippen LogP contribution >= 0.6 is 0 Å². The average Bonchev–Trinajstić information content (AvgIpc) is 3.07. The van der Waals surface area contributed by atoms with Gasteiger partial charge in [0.25, 0.3) is 0 Å². The molecule has 0 unspecified atom stereocenters. The number of carbonyl (C=O) groups excluding carboxylic acids is 3. The van der Waals surface area contributed by atoms with Crippen molar-refractivity contribution in [3.63, 3.8) is 0 Å². The van der Waals surface area contributed by atoms with Crippen LogP contribution in [-0.2, 0) is 14.4 Å². The fourth-order valence-corrected chi connectivity index (χ4v) is 4.24. The Balaban J connectivity index is 1.93. The van der Waals surface area contributed by atoms with Crippen molar-refractivity contribution in [1.82, 2.24) is 15.1 Å². The number of carbonyl (C=O) groups is 3. The van der Waals surface area contributed by atoms with Crippen molar-refractivity contribution in [3.05, 3.63) is 65.5 Å². The first-order valence-electron chi connectivity index (χ1n) is 10.5. The Bertz CT molecular complexity index is 996. The lowest BCUT2D eigenvalue weighted by molar-refractivity contribution is -0.134. The molecule has 3 rings (SSSR count). The van der Waals surface area contributed by atoms with Gasteiger partial charge in [-0.05, 0) is 36.6 Å². The van der Waals surface area contributed by atoms with E-state index in [1.165, 1.54) is 17.9 Å². The van der Waals surface area contributed by atoms with E-state index in [9.17, 15) is 18.8 Å². The molecule has 32 heavy (non-hydrogen) atoms. The Morgan fingerprint density at radius 3 is 2.44 bits per heavy atom. The molecule has 0 saturated carbocycles. The van der Waals surface area contributed by atoms with Crippen LogP contribution in [0, 0.1) is 12.7 Å². The molecule has 0 spiro atoms. The lowest BCUT2D eigenvalue weighted by atomic mass is 9.99. The van der Waals surface area contributed by atoms with Gasteiger partial charge in [-0.1, -0.05) is 36.4 Å². The number of nitrogens with one attached hydrogen (secondary N) is 2. The molecule has 2 N–H and O–H groups in total. The average molecular weight is 441 g/mol. The molecule has 7 nitrogen and oxygen atoms in total. The van der Waals surface area contributed by atoms with Crippen molar-refractivity contribution >= 4 is 23.4 Å². The first-order valence-corrected chi connectivity index (χ1v) is 10.5. The molecule has 1 saturated heterocycles. The van der Waals surface area contributed by atoms with Crippen molar-refractivity contribution in [1.29, 1.82) is 0 Å². The van der Waals surface area contributed by atoms with Crippen LogP contribution in [0.25, 0.3) is 0 Å². The van der Waals surface area contributed by atoms with Gasteiger partial charge in [0.05, 0.1) is 30.4 Å². The van der Waals surface area contributed by atoms with E-state index in [0.29, 0.717) is 6.42 Å². The Labute approximate surface area is 187 Å². The molecule has 0 bridgehead atoms. The number of benzene rings is 2. The van der Waals surface area contributed by atoms with E-state index in [1.807, 2.05) is 37.3 Å². The summed E-state index contributed by atoms with van der Waals surface area (Å²) in [5.41, 5.74) is 1.80. The predicted octanol–water partition coefficient (Wildman–Crippen LogP) is 2.48. The van der Waals surface area contributed by atoms with Crippen LogP contribution < -0.4 is 10.6 Å². The Hall–Kier alpha value is -3.26. The second kappa shape index (κ2) is 9.91. The second-order valence-corrected chi connectivity index (χ2v) is 8.35. The molecule has 0 radical (unpaired) electrons. The molecule has 3 atom stereocenters. The van der Waals surface area contributed by atoms with E-state index in [4.69, 9.17) is 0 Å². The Morgan fingerprint density at radius 2 is 1.81 bits per heavy atom. The van der Waals surface area contributed by atoms with Gasteiger partial charge in [-0.3, -0.25) is 19.3 Å². The summed E-state index contributed by atoms with van der Waals surface area (Å²) in [4.78, 5) is 41.1. The summed E-state index contributed by atoms with van der Waals surface area (Å²) in [5.74, 6) is -1.33. The lowest BCUT2D eigenvalue weighted by Gasteiger charge is -2.31. The molecule has 1 aliphatic heterocycles. The van der Waals surface area contributed by atoms with E-state index in [-0.39, 0.29) is 36.1 Å². The summed E-state index contributed by atoms with van der Waals surface area (Å²) >= 11 is 0. The van der Waals surface area contributed by atoms with Crippen molar-refractivity contribution < 1.29 is 18.8 Å². The Morgan fingerprint density at radius 1 is 1.12 bits per heavy atom. The number of likely N-dealkylation sites (N-methyl/N-ethyl adjacent to an activating group) is 1. The molecule has 170 valence electrons. The molecule has 1 fully saturated rings. The number of anilines is 1. The number of hydrogen-bond acceptors (Lipinski definition) is 4. The molecule has 2 aromatic rings. The van der Waals surface area contributed by atoms with Crippen molar-refractivity contribution in [2.24, 2.45) is 0 Å². The zero-order chi connectivity index (χ0) is 23.4. The number of likely N-dealkylation sites (tertiary alicyclic amines) is 1. The fraction of sp³-hybridized carbons (Fsp3) is 0.375. The number of aryl methyl sites for hydroxylation is 1. The second-order valence-electron chi connectivity index (χ2n) is 8.35. The number of nitrogens with zero attached hydrogens (tertiary/aromatic N) is 2. The normalized spacial score (nSPS) is 20.6. The molecule has 0 aliphatic carbocycles. The van der Waals surface area contributed by atoms with Gasteiger partial charge in [-0.15, -0.1) is 0 Å². The van der Waals surface area contributed by atoms with E-state index in [2.05, 4.69) is 10.6 Å². The largest absolute Gasteiger partial charge is 0.352 e. The minimum Gasteiger partial charge on any atom is -0.352 e. The van der Waals surface area contributed by atoms with Gasteiger partial charge >= 0.3 is 0 Å². The van der Waals surface area contributed by atoms with Gasteiger partial charge in [-0.2, -0.15) is 0 Å². The number of rotatable bonds is 6. The molecule has 3 amide bonds. The van der Waals surface area contributed by atoms with E-state index in [0.717, 1.165) is 11.1 Å². The molecule has 8 heteroatoms. The minimum absolute atomic E-state index is 0.0966. The summed E-state index contributed by atoms with van der Waals surface area (Å²) < 4.78 is 14.2. The highest BCUT2D eigenvalue weighted by molar-refractivity contribution is 5.93. The highest BCUT2D eigenvalue weighted by Crippen LogP contribution is 2.37. The highest BCUT2D eigenvalue weighted by Gasteiger charge is 2.46. The summed E-state index contributed by atoms with van der Waals surface area (Å²) in [5, 5.41) is 5.57. The third-order valence-corrected chi connectivity index (χ3v) is 5.59. The number of halogens is 1. The van der Waals surface area contributed by atoms with E-state index in [1.54, 1.807) is 31.1 Å². The fourth-order valence-electron chi connectivity index (χ4n) is 4.24. The first kappa shape index (κ1) is 23.4. The first-order chi connectivity index (χ1) is 15.2. The smallest absolute Gasteiger partial charge is 0.239 e. The van der Waals surface area contributed by atoms with Gasteiger partial charge in [0, 0.05) is 21.0 Å². The van der Waals surface area contributed by atoms with Crippen LogP contribution in [0.5, 0.6) is 0 Å². The molecular weight excluding hydrogens is 411 g/mol. The van der Waals surface area contributed by atoms with E-state index < -0.39 is 17.8 Å². The lowest BCUT2D eigenvalue weighted by Crippen LogP contribution is -2.46. The zero-order valence-corrected chi connectivity index (χ0v) is 18.8. The van der Waals surface area contributed by atoms with Gasteiger partial charge in [0.2, 0.25) is 17.7 Å². The predicted molar refractivity (Wildman–Crippen MR) is 120 cm³/mol. The van der Waals surface area contributed by atoms with Crippen LogP contribution in [0.1, 0.15) is 30.5 Å². The van der Waals surface area contributed by atoms with Crippen LogP contribution in [0.2, 0.25) is 0 Å². The summed E-state index contributed by atoms with van der Waals surface area (Å²) in [7, 11) is 3.32. The van der Waals surface area contributed by atoms with Crippen LogP contribution in [0.4, 0.5) is 10.1 Å². The SMILES string of the molecule is CC(=O)N[C@H]1C[C@@H](C(=O)N(C)C)N(CC(=O)Nc2cc(C)ccc2F)[C@H]1c1ccccc1. The van der Waals surface area contributed by atoms with Crippen molar-refractivity contribution in [3.8, 4) is 0 Å². The summed E-state index contributed by atoms with van der Waals surface area (Å²) in [6, 6.07) is 12.6. The third-order valence-electron chi connectivity index (χ3n) is 5.59. The van der Waals surface area contributed by atoms with Crippen molar-refractivity contribution in [2.75, 3.05) is 26.0 Å². The summed E-state index contributed by atoms with van der Waals surface area (Å²) in [6.45, 7) is 3.11. The van der Waals surface area contributed by atoms with Gasteiger partial charge < -0.3 is 15.5 Å². The van der Waals surface area contributed by atoms with Gasteiger partial charge in [0.15, 0.2) is 0 Å². The maximum absolute atomic E-state index is 14.2. The standard InChI is InChI=1S/C24H29FN4O3/c1-15-10-11-18(25)19(12-15)27-22(31)14-29-21(24(32)28(3)4)13-20(26-16(2)30)23(29)17-8-6-5-7-9-17/h5-12,20-21,23H,13-14H2,1-4H3,(H,26,30)(H,27,31)/t20-,21-,23-/m0/s1. The van der Waals surface area contributed by atoms with Crippen LogP contribution in [0.3, 0.4) is 0 Å². The molecule has 2 aromatic carbocycles. The maximum atomic E-state index is 14.2. The number of hydrogen-bond donors (Lipinski definition) is 2. The molecule has 1 aliphatic rings. The maximum Gasteiger partial charge on any atom is 0.239 e. The van der Waals surface area contributed by atoms with Gasteiger partial charge in [-0.25, -0.2) is 4.39 Å².